The Morgan fingerprint density at radius 2 is 1.92 bits per heavy atom. The first-order chi connectivity index (χ1) is 5.56. The molecule has 1 unspecified atom stereocenters. The van der Waals surface area contributed by atoms with Crippen molar-refractivity contribution in [1.82, 2.24) is 0 Å². The first-order valence-electron chi connectivity index (χ1n) is 4.73. The van der Waals surface area contributed by atoms with Gasteiger partial charge in [0.05, 0.1) is 0 Å². The third-order valence-electron chi connectivity index (χ3n) is 2.08. The van der Waals surface area contributed by atoms with Gasteiger partial charge in [0.2, 0.25) is 0 Å². The monoisotopic (exact) mass is 168 g/mol. The summed E-state index contributed by atoms with van der Waals surface area (Å²) in [7, 11) is 0. The third-order valence-corrected chi connectivity index (χ3v) is 2.08. The molecule has 70 valence electrons. The van der Waals surface area contributed by atoms with E-state index < -0.39 is 0 Å². The van der Waals surface area contributed by atoms with Crippen LogP contribution in [-0.4, -0.2) is 5.78 Å². The lowest BCUT2D eigenvalue weighted by molar-refractivity contribution is -0.116. The number of ketones is 1. The minimum atomic E-state index is 0.284. The average Bonchev–Trinajstić information content (AvgIpc) is 2.00. The molecule has 0 aromatic heterocycles. The number of hydrogen-bond donors (Lipinski definition) is 0. The molecule has 0 amide bonds. The van der Waals surface area contributed by atoms with E-state index in [9.17, 15) is 4.79 Å². The highest BCUT2D eigenvalue weighted by Gasteiger charge is 1.97. The second-order valence-electron chi connectivity index (χ2n) is 3.60. The zero-order chi connectivity index (χ0) is 9.56. The van der Waals surface area contributed by atoms with Crippen molar-refractivity contribution in [2.24, 2.45) is 5.92 Å². The van der Waals surface area contributed by atoms with Gasteiger partial charge in [0.1, 0.15) is 5.78 Å². The number of carbonyl (C=O) groups excluding carboxylic acids is 1. The van der Waals surface area contributed by atoms with Crippen LogP contribution in [0.4, 0.5) is 0 Å². The molecule has 0 saturated heterocycles. The van der Waals surface area contributed by atoms with Gasteiger partial charge in [-0.3, -0.25) is 0 Å². The summed E-state index contributed by atoms with van der Waals surface area (Å²) in [4.78, 5) is 10.7. The minimum Gasteiger partial charge on any atom is -0.300 e. The molecule has 0 fully saturated rings. The van der Waals surface area contributed by atoms with Gasteiger partial charge in [-0.1, -0.05) is 31.9 Å². The summed E-state index contributed by atoms with van der Waals surface area (Å²) in [5, 5.41) is 0. The molecule has 0 heterocycles. The van der Waals surface area contributed by atoms with E-state index in [2.05, 4.69) is 26.8 Å². The molecule has 0 rings (SSSR count). The molecule has 1 nitrogen and oxygen atoms in total. The maximum absolute atomic E-state index is 10.7. The molecule has 0 aliphatic heterocycles. The Morgan fingerprint density at radius 1 is 1.33 bits per heavy atom. The number of rotatable bonds is 5. The summed E-state index contributed by atoms with van der Waals surface area (Å²) in [5.74, 6) is 0.934. The largest absolute Gasteiger partial charge is 0.300 e. The molecule has 0 bridgehead atoms. The van der Waals surface area contributed by atoms with Gasteiger partial charge in [-0.2, -0.15) is 0 Å². The number of allylic oxidation sites excluding steroid dienone is 2. The topological polar surface area (TPSA) is 17.1 Å². The molecule has 0 radical (unpaired) electrons. The molecule has 12 heavy (non-hydrogen) atoms. The summed E-state index contributed by atoms with van der Waals surface area (Å²) < 4.78 is 0. The first-order valence-corrected chi connectivity index (χ1v) is 4.73. The molecule has 1 atom stereocenters. The van der Waals surface area contributed by atoms with Crippen LogP contribution in [0.5, 0.6) is 0 Å². The van der Waals surface area contributed by atoms with Crippen LogP contribution in [0.3, 0.4) is 0 Å². The van der Waals surface area contributed by atoms with Crippen molar-refractivity contribution in [3.63, 3.8) is 0 Å². The van der Waals surface area contributed by atoms with E-state index in [1.54, 1.807) is 6.92 Å². The van der Waals surface area contributed by atoms with Crippen LogP contribution < -0.4 is 0 Å². The number of hydrogen-bond acceptors (Lipinski definition) is 1. The lowest BCUT2D eigenvalue weighted by Gasteiger charge is -2.04. The van der Waals surface area contributed by atoms with Crippen molar-refractivity contribution in [3.8, 4) is 0 Å². The standard InChI is InChI=1S/C11H20O/c1-5-9(2)8-10(3)6-7-11(4)12/h8-9H,5-7H2,1-4H3. The molecular formula is C11H20O. The van der Waals surface area contributed by atoms with E-state index in [0.717, 1.165) is 6.42 Å². The SMILES string of the molecule is CCC(C)C=C(C)CCC(C)=O. The molecule has 1 heteroatoms. The van der Waals surface area contributed by atoms with Gasteiger partial charge in [-0.05, 0) is 26.2 Å². The Bertz CT molecular complexity index is 168. The van der Waals surface area contributed by atoms with Crippen LogP contribution in [0.15, 0.2) is 11.6 Å². The summed E-state index contributed by atoms with van der Waals surface area (Å²) in [6.07, 6.45) is 5.07. The van der Waals surface area contributed by atoms with Crippen LogP contribution in [-0.2, 0) is 4.79 Å². The lowest BCUT2D eigenvalue weighted by Crippen LogP contribution is -1.92. The zero-order valence-electron chi connectivity index (χ0n) is 8.68. The van der Waals surface area contributed by atoms with E-state index >= 15 is 0 Å². The van der Waals surface area contributed by atoms with Crippen molar-refractivity contribution >= 4 is 5.78 Å². The van der Waals surface area contributed by atoms with Crippen molar-refractivity contribution in [1.29, 1.82) is 0 Å². The predicted molar refractivity (Wildman–Crippen MR) is 53.1 cm³/mol. The molecule has 0 N–H and O–H groups in total. The van der Waals surface area contributed by atoms with Gasteiger partial charge < -0.3 is 4.79 Å². The Kier molecular flexibility index (Phi) is 5.69. The lowest BCUT2D eigenvalue weighted by atomic mass is 10.0. The third kappa shape index (κ3) is 6.14. The van der Waals surface area contributed by atoms with Crippen molar-refractivity contribution in [3.05, 3.63) is 11.6 Å². The smallest absolute Gasteiger partial charge is 0.130 e. The summed E-state index contributed by atoms with van der Waals surface area (Å²) >= 11 is 0. The van der Waals surface area contributed by atoms with E-state index in [-0.39, 0.29) is 5.78 Å². The van der Waals surface area contributed by atoms with Crippen molar-refractivity contribution in [2.45, 2.75) is 47.0 Å². The molecule has 0 aromatic rings. The van der Waals surface area contributed by atoms with E-state index in [4.69, 9.17) is 0 Å². The molecule has 0 spiro atoms. The fourth-order valence-electron chi connectivity index (χ4n) is 1.06. The summed E-state index contributed by atoms with van der Waals surface area (Å²) in [6, 6.07) is 0. The van der Waals surface area contributed by atoms with Crippen molar-refractivity contribution < 1.29 is 4.79 Å². The zero-order valence-corrected chi connectivity index (χ0v) is 8.68. The molecule has 0 aromatic carbocycles. The normalized spacial score (nSPS) is 14.5. The van der Waals surface area contributed by atoms with E-state index in [1.807, 2.05) is 0 Å². The van der Waals surface area contributed by atoms with Gasteiger partial charge in [-0.25, -0.2) is 0 Å². The highest BCUT2D eigenvalue weighted by atomic mass is 16.1. The average molecular weight is 168 g/mol. The van der Waals surface area contributed by atoms with Gasteiger partial charge >= 0.3 is 0 Å². The van der Waals surface area contributed by atoms with Crippen molar-refractivity contribution in [2.75, 3.05) is 0 Å². The first kappa shape index (κ1) is 11.4. The number of carbonyl (C=O) groups is 1. The van der Waals surface area contributed by atoms with Gasteiger partial charge in [0, 0.05) is 6.42 Å². The van der Waals surface area contributed by atoms with Gasteiger partial charge in [-0.15, -0.1) is 0 Å². The Morgan fingerprint density at radius 3 is 2.33 bits per heavy atom. The van der Waals surface area contributed by atoms with Crippen LogP contribution in [0.25, 0.3) is 0 Å². The quantitative estimate of drug-likeness (QED) is 0.575. The Hall–Kier alpha value is -0.590. The maximum atomic E-state index is 10.7. The predicted octanol–water partition coefficient (Wildman–Crippen LogP) is 3.35. The second-order valence-corrected chi connectivity index (χ2v) is 3.60. The maximum Gasteiger partial charge on any atom is 0.130 e. The highest BCUT2D eigenvalue weighted by molar-refractivity contribution is 5.75. The summed E-state index contributed by atoms with van der Waals surface area (Å²) in [5.41, 5.74) is 1.35. The van der Waals surface area contributed by atoms with E-state index in [0.29, 0.717) is 12.3 Å². The van der Waals surface area contributed by atoms with Crippen LogP contribution in [0, 0.1) is 5.92 Å². The van der Waals surface area contributed by atoms with Crippen LogP contribution in [0.2, 0.25) is 0 Å². The van der Waals surface area contributed by atoms with Crippen LogP contribution in [0.1, 0.15) is 47.0 Å². The molecular weight excluding hydrogens is 148 g/mol. The van der Waals surface area contributed by atoms with E-state index in [1.165, 1.54) is 12.0 Å². The molecule has 0 saturated carbocycles. The van der Waals surface area contributed by atoms with Gasteiger partial charge in [0.15, 0.2) is 0 Å². The molecule has 0 aliphatic carbocycles. The minimum absolute atomic E-state index is 0.284. The highest BCUT2D eigenvalue weighted by Crippen LogP contribution is 2.11. The second kappa shape index (κ2) is 5.99. The number of Topliss-reactive ketones (excluding diaryl/α,β-unsaturated/α-hetero) is 1. The fraction of sp³-hybridized carbons (Fsp3) is 0.727. The Balaban J connectivity index is 3.77. The van der Waals surface area contributed by atoms with Gasteiger partial charge in [0.25, 0.3) is 0 Å². The van der Waals surface area contributed by atoms with Crippen LogP contribution >= 0.6 is 0 Å². The molecule has 0 aliphatic rings. The fourth-order valence-corrected chi connectivity index (χ4v) is 1.06. The summed E-state index contributed by atoms with van der Waals surface area (Å²) in [6.45, 7) is 8.14. The Labute approximate surface area is 75.9 Å².